The Bertz CT molecular complexity index is 548. The van der Waals surface area contributed by atoms with Gasteiger partial charge < -0.3 is 5.32 Å². The van der Waals surface area contributed by atoms with Crippen LogP contribution in [0.4, 0.5) is 0 Å². The molecule has 0 atom stereocenters. The third kappa shape index (κ3) is 3.95. The maximum atomic E-state index is 5.05. The Labute approximate surface area is 154 Å². The van der Waals surface area contributed by atoms with Crippen LogP contribution in [0.3, 0.4) is 0 Å². The van der Waals surface area contributed by atoms with Crippen molar-refractivity contribution in [3.63, 3.8) is 0 Å². The number of rotatable bonds is 8. The van der Waals surface area contributed by atoms with E-state index in [1.807, 2.05) is 7.05 Å². The first kappa shape index (κ1) is 18.9. The number of likely N-dealkylation sites (N-methyl/N-ethyl adjacent to an activating group) is 2. The SMILES string of the molecule is CCC1(CC)CCC(c2c(CN(C)CCNC)nn3c2CCC3)CC1. The zero-order chi connectivity index (χ0) is 17.9. The molecule has 0 saturated heterocycles. The fraction of sp³-hybridized carbons (Fsp3) is 0.857. The number of hydrogen-bond donors (Lipinski definition) is 1. The zero-order valence-electron chi connectivity index (χ0n) is 16.9. The lowest BCUT2D eigenvalue weighted by Crippen LogP contribution is -2.28. The van der Waals surface area contributed by atoms with Gasteiger partial charge >= 0.3 is 0 Å². The van der Waals surface area contributed by atoms with Gasteiger partial charge in [0.15, 0.2) is 0 Å². The Morgan fingerprint density at radius 3 is 2.60 bits per heavy atom. The summed E-state index contributed by atoms with van der Waals surface area (Å²) < 4.78 is 2.33. The zero-order valence-corrected chi connectivity index (χ0v) is 16.9. The first-order valence-electron chi connectivity index (χ1n) is 10.5. The van der Waals surface area contributed by atoms with Crippen molar-refractivity contribution in [2.75, 3.05) is 27.2 Å². The highest BCUT2D eigenvalue weighted by atomic mass is 15.3. The third-order valence-electron chi connectivity index (χ3n) is 7.08. The van der Waals surface area contributed by atoms with E-state index in [1.54, 1.807) is 11.3 Å². The molecule has 3 rings (SSSR count). The van der Waals surface area contributed by atoms with E-state index in [0.29, 0.717) is 5.41 Å². The molecule has 1 fully saturated rings. The van der Waals surface area contributed by atoms with E-state index >= 15 is 0 Å². The molecule has 1 aliphatic heterocycles. The molecular weight excluding hydrogens is 308 g/mol. The summed E-state index contributed by atoms with van der Waals surface area (Å²) in [5.74, 6) is 0.751. The van der Waals surface area contributed by atoms with Gasteiger partial charge in [0.25, 0.3) is 0 Å². The molecule has 4 heteroatoms. The van der Waals surface area contributed by atoms with Crippen LogP contribution in [0.5, 0.6) is 0 Å². The summed E-state index contributed by atoms with van der Waals surface area (Å²) in [6.07, 6.45) is 10.8. The van der Waals surface area contributed by atoms with Gasteiger partial charge in [-0.3, -0.25) is 9.58 Å². The summed E-state index contributed by atoms with van der Waals surface area (Å²) in [7, 11) is 4.26. The summed E-state index contributed by atoms with van der Waals surface area (Å²) in [6.45, 7) is 9.03. The molecule has 1 aromatic heterocycles. The Balaban J connectivity index is 1.76. The highest BCUT2D eigenvalue weighted by Gasteiger charge is 2.36. The van der Waals surface area contributed by atoms with Crippen molar-refractivity contribution < 1.29 is 0 Å². The molecule has 0 aromatic carbocycles. The van der Waals surface area contributed by atoms with Crippen LogP contribution in [0.1, 0.15) is 81.7 Å². The van der Waals surface area contributed by atoms with Crippen LogP contribution in [0.25, 0.3) is 0 Å². The second-order valence-corrected chi connectivity index (χ2v) is 8.46. The van der Waals surface area contributed by atoms with Crippen molar-refractivity contribution in [1.29, 1.82) is 0 Å². The van der Waals surface area contributed by atoms with Gasteiger partial charge in [0.1, 0.15) is 0 Å². The van der Waals surface area contributed by atoms with Crippen LogP contribution >= 0.6 is 0 Å². The molecule has 0 amide bonds. The van der Waals surface area contributed by atoms with Crippen LogP contribution in [0.15, 0.2) is 0 Å². The minimum atomic E-state index is 0.622. The van der Waals surface area contributed by atoms with Gasteiger partial charge in [-0.25, -0.2) is 0 Å². The average molecular weight is 347 g/mol. The number of fused-ring (bicyclic) bond motifs is 1. The molecule has 4 nitrogen and oxygen atoms in total. The van der Waals surface area contributed by atoms with Crippen molar-refractivity contribution in [3.8, 4) is 0 Å². The van der Waals surface area contributed by atoms with Gasteiger partial charge in [0.05, 0.1) is 5.69 Å². The smallest absolute Gasteiger partial charge is 0.0802 e. The molecule has 25 heavy (non-hydrogen) atoms. The van der Waals surface area contributed by atoms with E-state index < -0.39 is 0 Å². The first-order chi connectivity index (χ1) is 12.1. The van der Waals surface area contributed by atoms with Gasteiger partial charge in [-0.1, -0.05) is 26.7 Å². The number of nitrogens with zero attached hydrogens (tertiary/aromatic N) is 3. The lowest BCUT2D eigenvalue weighted by atomic mass is 9.66. The van der Waals surface area contributed by atoms with E-state index in [9.17, 15) is 0 Å². The largest absolute Gasteiger partial charge is 0.318 e. The van der Waals surface area contributed by atoms with Crippen LogP contribution in [-0.2, 0) is 19.5 Å². The van der Waals surface area contributed by atoms with Gasteiger partial charge in [-0.2, -0.15) is 5.10 Å². The van der Waals surface area contributed by atoms with Gasteiger partial charge in [-0.05, 0) is 64.0 Å². The Kier molecular flexibility index (Phi) is 6.21. The van der Waals surface area contributed by atoms with Gasteiger partial charge in [-0.15, -0.1) is 0 Å². The summed E-state index contributed by atoms with van der Waals surface area (Å²) in [5, 5.41) is 8.30. The Hall–Kier alpha value is -0.870. The maximum Gasteiger partial charge on any atom is 0.0802 e. The fourth-order valence-electron chi connectivity index (χ4n) is 5.11. The second-order valence-electron chi connectivity index (χ2n) is 8.46. The predicted octanol–water partition coefficient (Wildman–Crippen LogP) is 3.94. The molecule has 1 aromatic rings. The summed E-state index contributed by atoms with van der Waals surface area (Å²) in [5.41, 5.74) is 5.22. The highest BCUT2D eigenvalue weighted by Crippen LogP contribution is 2.48. The molecular formula is C21H38N4. The molecule has 142 valence electrons. The van der Waals surface area contributed by atoms with E-state index in [1.165, 1.54) is 57.1 Å². The van der Waals surface area contributed by atoms with Crippen molar-refractivity contribution >= 4 is 0 Å². The molecule has 0 unspecified atom stereocenters. The van der Waals surface area contributed by atoms with Crippen molar-refractivity contribution in [2.24, 2.45) is 5.41 Å². The second kappa shape index (κ2) is 8.22. The molecule has 1 aliphatic carbocycles. The Morgan fingerprint density at radius 2 is 1.96 bits per heavy atom. The van der Waals surface area contributed by atoms with E-state index in [4.69, 9.17) is 5.10 Å². The van der Waals surface area contributed by atoms with E-state index in [-0.39, 0.29) is 0 Å². The predicted molar refractivity (Wildman–Crippen MR) is 105 cm³/mol. The molecule has 0 radical (unpaired) electrons. The Morgan fingerprint density at radius 1 is 1.24 bits per heavy atom. The topological polar surface area (TPSA) is 33.1 Å². The molecule has 2 aliphatic rings. The van der Waals surface area contributed by atoms with Crippen molar-refractivity contribution in [2.45, 2.75) is 84.2 Å². The van der Waals surface area contributed by atoms with Crippen LogP contribution in [0, 0.1) is 5.41 Å². The average Bonchev–Trinajstić information content (AvgIpc) is 3.21. The third-order valence-corrected chi connectivity index (χ3v) is 7.08. The quantitative estimate of drug-likeness (QED) is 0.774. The molecule has 1 saturated carbocycles. The van der Waals surface area contributed by atoms with Crippen molar-refractivity contribution in [1.82, 2.24) is 20.0 Å². The monoisotopic (exact) mass is 346 g/mol. The molecule has 0 bridgehead atoms. The minimum absolute atomic E-state index is 0.622. The number of aryl methyl sites for hydroxylation is 1. The summed E-state index contributed by atoms with van der Waals surface area (Å²) in [4.78, 5) is 2.42. The number of hydrogen-bond acceptors (Lipinski definition) is 3. The lowest BCUT2D eigenvalue weighted by molar-refractivity contribution is 0.158. The van der Waals surface area contributed by atoms with Crippen LogP contribution in [-0.4, -0.2) is 41.9 Å². The number of nitrogens with one attached hydrogen (secondary N) is 1. The van der Waals surface area contributed by atoms with E-state index in [0.717, 1.165) is 32.1 Å². The summed E-state index contributed by atoms with van der Waals surface area (Å²) >= 11 is 0. The van der Waals surface area contributed by atoms with Crippen molar-refractivity contribution in [3.05, 3.63) is 17.0 Å². The van der Waals surface area contributed by atoms with Gasteiger partial charge in [0, 0.05) is 37.4 Å². The molecule has 1 N–H and O–H groups in total. The maximum absolute atomic E-state index is 5.05. The lowest BCUT2D eigenvalue weighted by Gasteiger charge is -2.39. The normalized spacial score (nSPS) is 20.4. The summed E-state index contributed by atoms with van der Waals surface area (Å²) in [6, 6.07) is 0. The van der Waals surface area contributed by atoms with Crippen LogP contribution < -0.4 is 5.32 Å². The first-order valence-corrected chi connectivity index (χ1v) is 10.5. The molecule has 0 spiro atoms. The molecule has 2 heterocycles. The highest BCUT2D eigenvalue weighted by molar-refractivity contribution is 5.33. The fourth-order valence-corrected chi connectivity index (χ4v) is 5.11. The number of aromatic nitrogens is 2. The minimum Gasteiger partial charge on any atom is -0.318 e. The standard InChI is InChI=1S/C21H38N4/c1-5-21(6-2)11-9-17(10-12-21)20-18(16-24(4)15-13-22-3)23-25-14-7-8-19(20)25/h17,22H,5-16H2,1-4H3. The van der Waals surface area contributed by atoms with Crippen LogP contribution in [0.2, 0.25) is 0 Å². The van der Waals surface area contributed by atoms with E-state index in [2.05, 4.69) is 35.8 Å². The van der Waals surface area contributed by atoms with Gasteiger partial charge in [0.2, 0.25) is 0 Å².